The lowest BCUT2D eigenvalue weighted by Gasteiger charge is -2.38. The average molecular weight is 444 g/mol. The molecule has 0 amide bonds. The molecule has 2 N–H and O–H groups in total. The number of rotatable bonds is 5. The summed E-state index contributed by atoms with van der Waals surface area (Å²) in [6.07, 6.45) is 1.83. The number of methoxy groups -OCH3 is 1. The predicted octanol–water partition coefficient (Wildman–Crippen LogP) is 3.89. The van der Waals surface area contributed by atoms with E-state index in [0.717, 1.165) is 45.5 Å². The van der Waals surface area contributed by atoms with Gasteiger partial charge in [0.05, 0.1) is 7.11 Å². The number of halogens is 1. The van der Waals surface area contributed by atoms with Crippen LogP contribution in [0.3, 0.4) is 0 Å². The predicted molar refractivity (Wildman–Crippen MR) is 113 cm³/mol. The van der Waals surface area contributed by atoms with Gasteiger partial charge in [-0.25, -0.2) is 0 Å². The molecule has 1 aliphatic heterocycles. The number of carboxylic acids is 1. The minimum atomic E-state index is -0.821. The number of aromatic amines is 1. The van der Waals surface area contributed by atoms with Crippen LogP contribution in [0, 0.1) is 0 Å². The molecule has 0 aliphatic carbocycles. The van der Waals surface area contributed by atoms with E-state index in [9.17, 15) is 9.90 Å². The summed E-state index contributed by atoms with van der Waals surface area (Å²) in [5, 5.41) is 10.9. The summed E-state index contributed by atoms with van der Waals surface area (Å²) in [6.45, 7) is 2.93. The Kier molecular flexibility index (Phi) is 5.28. The second kappa shape index (κ2) is 7.85. The van der Waals surface area contributed by atoms with Crippen molar-refractivity contribution in [3.63, 3.8) is 0 Å². The van der Waals surface area contributed by atoms with E-state index in [-0.39, 0.29) is 0 Å². The summed E-state index contributed by atoms with van der Waals surface area (Å²) in [5.74, 6) is 0.0117. The molecule has 1 unspecified atom stereocenters. The number of anilines is 1. The van der Waals surface area contributed by atoms with E-state index in [4.69, 9.17) is 4.74 Å². The summed E-state index contributed by atoms with van der Waals surface area (Å²) in [6, 6.07) is 13.2. The number of hydrogen-bond acceptors (Lipinski definition) is 4. The number of nitrogens with one attached hydrogen (secondary N) is 1. The summed E-state index contributed by atoms with van der Waals surface area (Å²) >= 11 is 3.49. The van der Waals surface area contributed by atoms with Gasteiger partial charge in [0.15, 0.2) is 0 Å². The molecule has 4 rings (SSSR count). The molecule has 0 saturated carbocycles. The van der Waals surface area contributed by atoms with Crippen LogP contribution < -0.4 is 9.64 Å². The minimum absolute atomic E-state index is 0.666. The van der Waals surface area contributed by atoms with Crippen LogP contribution in [0.15, 0.2) is 53.1 Å². The van der Waals surface area contributed by atoms with Gasteiger partial charge in [-0.1, -0.05) is 15.9 Å². The Morgan fingerprint density at radius 3 is 2.50 bits per heavy atom. The van der Waals surface area contributed by atoms with Crippen LogP contribution in [0.25, 0.3) is 10.9 Å². The van der Waals surface area contributed by atoms with Crippen molar-refractivity contribution in [2.24, 2.45) is 0 Å². The fourth-order valence-electron chi connectivity index (χ4n) is 3.86. The number of carbonyl (C=O) groups is 1. The van der Waals surface area contributed by atoms with Crippen LogP contribution in [-0.2, 0) is 4.79 Å². The third kappa shape index (κ3) is 3.59. The van der Waals surface area contributed by atoms with Gasteiger partial charge in [-0.05, 0) is 42.5 Å². The zero-order valence-electron chi connectivity index (χ0n) is 15.6. The second-order valence-electron chi connectivity index (χ2n) is 6.90. The zero-order valence-corrected chi connectivity index (χ0v) is 17.1. The highest BCUT2D eigenvalue weighted by Crippen LogP contribution is 2.32. The number of carboxylic acid groups (broad SMARTS) is 1. The first kappa shape index (κ1) is 18.8. The number of piperazine rings is 1. The highest BCUT2D eigenvalue weighted by molar-refractivity contribution is 9.10. The Morgan fingerprint density at radius 1 is 1.14 bits per heavy atom. The number of ether oxygens (including phenoxy) is 1. The smallest absolute Gasteiger partial charge is 0.325 e. The molecule has 146 valence electrons. The van der Waals surface area contributed by atoms with Crippen molar-refractivity contribution >= 4 is 38.5 Å². The van der Waals surface area contributed by atoms with Gasteiger partial charge < -0.3 is 19.7 Å². The SMILES string of the molecule is COc1ccc(N2CCN(C(C(=O)O)c3c[nH]c4ccc(Br)cc34)CC2)cc1. The first-order chi connectivity index (χ1) is 13.6. The van der Waals surface area contributed by atoms with Crippen molar-refractivity contribution in [1.29, 1.82) is 0 Å². The van der Waals surface area contributed by atoms with Crippen LogP contribution in [0.5, 0.6) is 5.75 Å². The standard InChI is InChI=1S/C21H22BrN3O3/c1-28-16-5-3-15(4-6-16)24-8-10-25(11-9-24)20(21(26)27)18-13-23-19-7-2-14(22)12-17(18)19/h2-7,12-13,20,23H,8-11H2,1H3,(H,26,27). The molecule has 1 saturated heterocycles. The highest BCUT2D eigenvalue weighted by Gasteiger charge is 2.32. The quantitative estimate of drug-likeness (QED) is 0.625. The Bertz CT molecular complexity index is 978. The van der Waals surface area contributed by atoms with Gasteiger partial charge in [0.25, 0.3) is 0 Å². The van der Waals surface area contributed by atoms with Gasteiger partial charge in [0, 0.05) is 59.0 Å². The largest absolute Gasteiger partial charge is 0.497 e. The zero-order chi connectivity index (χ0) is 19.7. The van der Waals surface area contributed by atoms with E-state index >= 15 is 0 Å². The summed E-state index contributed by atoms with van der Waals surface area (Å²) in [7, 11) is 1.66. The monoisotopic (exact) mass is 443 g/mol. The van der Waals surface area contributed by atoms with Crippen molar-refractivity contribution in [3.8, 4) is 5.75 Å². The molecule has 1 atom stereocenters. The van der Waals surface area contributed by atoms with Crippen molar-refractivity contribution in [2.75, 3.05) is 38.2 Å². The van der Waals surface area contributed by atoms with Gasteiger partial charge in [-0.3, -0.25) is 9.69 Å². The molecule has 0 spiro atoms. The van der Waals surface area contributed by atoms with E-state index in [1.54, 1.807) is 7.11 Å². The minimum Gasteiger partial charge on any atom is -0.497 e. The Hall–Kier alpha value is -2.51. The molecule has 7 heteroatoms. The molecule has 6 nitrogen and oxygen atoms in total. The fourth-order valence-corrected chi connectivity index (χ4v) is 4.22. The van der Waals surface area contributed by atoms with Gasteiger partial charge in [-0.15, -0.1) is 0 Å². The van der Waals surface area contributed by atoms with Crippen LogP contribution in [0.2, 0.25) is 0 Å². The number of fused-ring (bicyclic) bond motifs is 1. The normalized spacial score (nSPS) is 16.3. The maximum atomic E-state index is 12.2. The van der Waals surface area contributed by atoms with Crippen LogP contribution >= 0.6 is 15.9 Å². The van der Waals surface area contributed by atoms with E-state index in [1.807, 2.05) is 53.6 Å². The molecular formula is C21H22BrN3O3. The number of benzene rings is 2. The Balaban J connectivity index is 1.53. The fraction of sp³-hybridized carbons (Fsp3) is 0.286. The molecule has 1 fully saturated rings. The van der Waals surface area contributed by atoms with E-state index in [2.05, 4.69) is 25.8 Å². The van der Waals surface area contributed by atoms with Gasteiger partial charge >= 0.3 is 5.97 Å². The third-order valence-corrected chi connectivity index (χ3v) is 5.81. The number of hydrogen-bond donors (Lipinski definition) is 2. The molecule has 2 heterocycles. The van der Waals surface area contributed by atoms with E-state index in [0.29, 0.717) is 13.1 Å². The molecule has 28 heavy (non-hydrogen) atoms. The van der Waals surface area contributed by atoms with E-state index in [1.165, 1.54) is 0 Å². The Morgan fingerprint density at radius 2 is 1.86 bits per heavy atom. The molecule has 2 aromatic carbocycles. The second-order valence-corrected chi connectivity index (χ2v) is 7.81. The van der Waals surface area contributed by atoms with Gasteiger partial charge in [-0.2, -0.15) is 0 Å². The molecule has 0 bridgehead atoms. The summed E-state index contributed by atoms with van der Waals surface area (Å²) in [4.78, 5) is 19.7. The highest BCUT2D eigenvalue weighted by atomic mass is 79.9. The summed E-state index contributed by atoms with van der Waals surface area (Å²) in [5.41, 5.74) is 2.88. The lowest BCUT2D eigenvalue weighted by Crippen LogP contribution is -2.49. The van der Waals surface area contributed by atoms with E-state index < -0.39 is 12.0 Å². The van der Waals surface area contributed by atoms with Crippen molar-refractivity contribution in [3.05, 3.63) is 58.7 Å². The molecule has 0 radical (unpaired) electrons. The van der Waals surface area contributed by atoms with Crippen LogP contribution in [0.1, 0.15) is 11.6 Å². The Labute approximate surface area is 171 Å². The van der Waals surface area contributed by atoms with Crippen LogP contribution in [0.4, 0.5) is 5.69 Å². The number of H-pyrrole nitrogens is 1. The lowest BCUT2D eigenvalue weighted by molar-refractivity contribution is -0.143. The summed E-state index contributed by atoms with van der Waals surface area (Å²) < 4.78 is 6.16. The van der Waals surface area contributed by atoms with Crippen molar-refractivity contribution in [1.82, 2.24) is 9.88 Å². The number of aromatic nitrogens is 1. The lowest BCUT2D eigenvalue weighted by atomic mass is 10.0. The number of aliphatic carboxylic acids is 1. The maximum absolute atomic E-state index is 12.2. The van der Waals surface area contributed by atoms with Gasteiger partial charge in [0.1, 0.15) is 11.8 Å². The first-order valence-corrected chi connectivity index (χ1v) is 9.98. The average Bonchev–Trinajstić information content (AvgIpc) is 3.11. The topological polar surface area (TPSA) is 68.8 Å². The maximum Gasteiger partial charge on any atom is 0.325 e. The van der Waals surface area contributed by atoms with Gasteiger partial charge in [0.2, 0.25) is 0 Å². The van der Waals surface area contributed by atoms with Crippen molar-refractivity contribution < 1.29 is 14.6 Å². The van der Waals surface area contributed by atoms with Crippen molar-refractivity contribution in [2.45, 2.75) is 6.04 Å². The number of nitrogens with zero attached hydrogens (tertiary/aromatic N) is 2. The molecule has 3 aromatic rings. The van der Waals surface area contributed by atoms with Crippen LogP contribution in [-0.4, -0.2) is 54.2 Å². The first-order valence-electron chi connectivity index (χ1n) is 9.19. The molecule has 1 aliphatic rings. The molecule has 1 aromatic heterocycles. The molecular weight excluding hydrogens is 422 g/mol. The third-order valence-electron chi connectivity index (χ3n) is 5.32.